The molecule has 0 aliphatic rings. The molecule has 116 valence electrons. The molecule has 0 bridgehead atoms. The zero-order valence-electron chi connectivity index (χ0n) is 12.2. The van der Waals surface area contributed by atoms with Crippen molar-refractivity contribution in [1.82, 2.24) is 19.7 Å². The Bertz CT molecular complexity index is 830. The van der Waals surface area contributed by atoms with Crippen molar-refractivity contribution in [3.63, 3.8) is 0 Å². The molecule has 2 N–H and O–H groups in total. The van der Waals surface area contributed by atoms with E-state index in [-0.39, 0.29) is 5.91 Å². The molecule has 0 atom stereocenters. The summed E-state index contributed by atoms with van der Waals surface area (Å²) < 4.78 is 2.38. The van der Waals surface area contributed by atoms with Gasteiger partial charge in [-0.2, -0.15) is 5.10 Å². The van der Waals surface area contributed by atoms with Crippen LogP contribution in [0.15, 0.2) is 53.8 Å². The number of aryl methyl sites for hydroxylation is 1. The van der Waals surface area contributed by atoms with E-state index in [4.69, 9.17) is 0 Å². The van der Waals surface area contributed by atoms with E-state index in [1.807, 2.05) is 13.2 Å². The number of nitrogens with zero attached hydrogens (tertiary/aromatic N) is 4. The Kier molecular flexibility index (Phi) is 4.33. The van der Waals surface area contributed by atoms with Crippen molar-refractivity contribution in [3.05, 3.63) is 59.3 Å². The summed E-state index contributed by atoms with van der Waals surface area (Å²) in [5.41, 5.74) is 2.47. The van der Waals surface area contributed by atoms with Crippen molar-refractivity contribution < 1.29 is 4.79 Å². The lowest BCUT2D eigenvalue weighted by molar-refractivity contribution is 0.102. The Labute approximate surface area is 140 Å². The molecular weight excluding hydrogens is 360 g/mol. The van der Waals surface area contributed by atoms with E-state index in [0.717, 1.165) is 5.69 Å². The Morgan fingerprint density at radius 3 is 2.74 bits per heavy atom. The van der Waals surface area contributed by atoms with Crippen molar-refractivity contribution in [3.8, 4) is 0 Å². The topological polar surface area (TPSA) is 84.7 Å². The fourth-order valence-corrected chi connectivity index (χ4v) is 2.22. The van der Waals surface area contributed by atoms with Crippen LogP contribution in [-0.2, 0) is 7.05 Å². The summed E-state index contributed by atoms with van der Waals surface area (Å²) in [7, 11) is 1.82. The van der Waals surface area contributed by atoms with Crippen molar-refractivity contribution in [2.45, 2.75) is 0 Å². The van der Waals surface area contributed by atoms with Crippen LogP contribution in [0.4, 0.5) is 17.1 Å². The highest BCUT2D eigenvalue weighted by molar-refractivity contribution is 9.10. The van der Waals surface area contributed by atoms with Crippen LogP contribution in [-0.4, -0.2) is 25.7 Å². The zero-order valence-corrected chi connectivity index (χ0v) is 13.8. The van der Waals surface area contributed by atoms with Crippen LogP contribution in [0.3, 0.4) is 0 Å². The summed E-state index contributed by atoms with van der Waals surface area (Å²) in [4.78, 5) is 20.6. The van der Waals surface area contributed by atoms with E-state index in [1.54, 1.807) is 47.7 Å². The highest BCUT2D eigenvalue weighted by Gasteiger charge is 2.12. The molecule has 7 nitrogen and oxygen atoms in total. The molecular formula is C15H13BrN6O. The van der Waals surface area contributed by atoms with Crippen LogP contribution < -0.4 is 10.6 Å². The third-order valence-electron chi connectivity index (χ3n) is 3.03. The number of carbonyl (C=O) groups excluding carboxylic acids is 1. The van der Waals surface area contributed by atoms with Gasteiger partial charge in [-0.3, -0.25) is 14.5 Å². The number of hydrogen-bond donors (Lipinski definition) is 2. The SMILES string of the molecule is Cn1cc(Nc2cnccc2C(=O)Nc2ccc(Br)nc2)cn1. The first-order valence-electron chi connectivity index (χ1n) is 6.74. The Morgan fingerprint density at radius 2 is 2.04 bits per heavy atom. The molecule has 8 heteroatoms. The highest BCUT2D eigenvalue weighted by Crippen LogP contribution is 2.20. The second-order valence-corrected chi connectivity index (χ2v) is 5.59. The Balaban J connectivity index is 1.81. The van der Waals surface area contributed by atoms with E-state index in [1.165, 1.54) is 0 Å². The number of nitrogens with one attached hydrogen (secondary N) is 2. The van der Waals surface area contributed by atoms with Crippen molar-refractivity contribution in [1.29, 1.82) is 0 Å². The van der Waals surface area contributed by atoms with Crippen LogP contribution in [0, 0.1) is 0 Å². The van der Waals surface area contributed by atoms with Gasteiger partial charge < -0.3 is 10.6 Å². The maximum Gasteiger partial charge on any atom is 0.257 e. The lowest BCUT2D eigenvalue weighted by Gasteiger charge is -2.10. The van der Waals surface area contributed by atoms with Crippen LogP contribution in [0.2, 0.25) is 0 Å². The van der Waals surface area contributed by atoms with Crippen molar-refractivity contribution in [2.24, 2.45) is 7.05 Å². The van der Waals surface area contributed by atoms with Gasteiger partial charge in [0.1, 0.15) is 4.60 Å². The summed E-state index contributed by atoms with van der Waals surface area (Å²) in [5.74, 6) is -0.247. The molecule has 0 unspecified atom stereocenters. The van der Waals surface area contributed by atoms with Gasteiger partial charge in [0.2, 0.25) is 0 Å². The average molecular weight is 373 g/mol. The number of pyridine rings is 2. The summed E-state index contributed by atoms with van der Waals surface area (Å²) in [6.45, 7) is 0. The lowest BCUT2D eigenvalue weighted by Crippen LogP contribution is -2.14. The molecule has 3 aromatic rings. The van der Waals surface area contributed by atoms with Crippen LogP contribution >= 0.6 is 15.9 Å². The largest absolute Gasteiger partial charge is 0.351 e. The first-order valence-corrected chi connectivity index (χ1v) is 7.54. The van der Waals surface area contributed by atoms with Gasteiger partial charge in [0.25, 0.3) is 5.91 Å². The first kappa shape index (κ1) is 15.2. The number of amides is 1. The van der Waals surface area contributed by atoms with Gasteiger partial charge >= 0.3 is 0 Å². The Morgan fingerprint density at radius 1 is 1.17 bits per heavy atom. The van der Waals surface area contributed by atoms with E-state index in [0.29, 0.717) is 21.5 Å². The van der Waals surface area contributed by atoms with Gasteiger partial charge in [0.05, 0.1) is 41.2 Å². The van der Waals surface area contributed by atoms with Crippen molar-refractivity contribution in [2.75, 3.05) is 10.6 Å². The molecule has 1 amide bonds. The minimum Gasteiger partial charge on any atom is -0.351 e. The number of hydrogen-bond acceptors (Lipinski definition) is 5. The fourth-order valence-electron chi connectivity index (χ4n) is 1.98. The number of halogens is 1. The Hall–Kier alpha value is -2.74. The van der Waals surface area contributed by atoms with E-state index in [9.17, 15) is 4.79 Å². The number of rotatable bonds is 4. The molecule has 3 rings (SSSR count). The van der Waals surface area contributed by atoms with Gasteiger partial charge in [0, 0.05) is 19.4 Å². The summed E-state index contributed by atoms with van der Waals surface area (Å²) in [5, 5.41) is 10.0. The molecule has 3 aromatic heterocycles. The zero-order chi connectivity index (χ0) is 16.2. The molecule has 0 saturated carbocycles. The summed E-state index contributed by atoms with van der Waals surface area (Å²) in [6.07, 6.45) is 8.24. The highest BCUT2D eigenvalue weighted by atomic mass is 79.9. The van der Waals surface area contributed by atoms with Gasteiger partial charge in [-0.15, -0.1) is 0 Å². The van der Waals surface area contributed by atoms with Crippen LogP contribution in [0.1, 0.15) is 10.4 Å². The number of anilines is 3. The molecule has 0 spiro atoms. The predicted octanol–water partition coefficient (Wildman–Crippen LogP) is 2.97. The lowest BCUT2D eigenvalue weighted by atomic mass is 10.2. The molecule has 0 fully saturated rings. The number of carbonyl (C=O) groups is 1. The van der Waals surface area contributed by atoms with E-state index < -0.39 is 0 Å². The maximum atomic E-state index is 12.5. The fraction of sp³-hybridized carbons (Fsp3) is 0.0667. The summed E-state index contributed by atoms with van der Waals surface area (Å²) in [6, 6.07) is 5.18. The molecule has 0 aliphatic carbocycles. The molecule has 0 aromatic carbocycles. The smallest absolute Gasteiger partial charge is 0.257 e. The van der Waals surface area contributed by atoms with Crippen LogP contribution in [0.5, 0.6) is 0 Å². The standard InChI is InChI=1S/C15H13BrN6O/c1-22-9-11(7-19-22)20-13-8-17-5-4-12(13)15(23)21-10-2-3-14(16)18-6-10/h2-9,20H,1H3,(H,21,23). The number of aromatic nitrogens is 4. The van der Waals surface area contributed by atoms with E-state index in [2.05, 4.69) is 41.6 Å². The van der Waals surface area contributed by atoms with Crippen LogP contribution in [0.25, 0.3) is 0 Å². The van der Waals surface area contributed by atoms with E-state index >= 15 is 0 Å². The first-order chi connectivity index (χ1) is 11.1. The van der Waals surface area contributed by atoms with Gasteiger partial charge in [-0.1, -0.05) is 0 Å². The minimum absolute atomic E-state index is 0.247. The third kappa shape index (κ3) is 3.72. The molecule has 3 heterocycles. The maximum absolute atomic E-state index is 12.5. The third-order valence-corrected chi connectivity index (χ3v) is 3.50. The summed E-state index contributed by atoms with van der Waals surface area (Å²) >= 11 is 3.26. The average Bonchev–Trinajstić information content (AvgIpc) is 2.95. The normalized spacial score (nSPS) is 10.3. The van der Waals surface area contributed by atoms with Gasteiger partial charge in [-0.25, -0.2) is 4.98 Å². The minimum atomic E-state index is -0.247. The second kappa shape index (κ2) is 6.57. The molecule has 23 heavy (non-hydrogen) atoms. The molecule has 0 radical (unpaired) electrons. The van der Waals surface area contributed by atoms with Gasteiger partial charge in [0.15, 0.2) is 0 Å². The van der Waals surface area contributed by atoms with Crippen molar-refractivity contribution >= 4 is 38.9 Å². The molecule has 0 aliphatic heterocycles. The quantitative estimate of drug-likeness (QED) is 0.687. The predicted molar refractivity (Wildman–Crippen MR) is 90.6 cm³/mol. The van der Waals surface area contributed by atoms with Gasteiger partial charge in [-0.05, 0) is 34.1 Å². The second-order valence-electron chi connectivity index (χ2n) is 4.77. The monoisotopic (exact) mass is 372 g/mol. The molecule has 0 saturated heterocycles.